The molecule has 2 fully saturated rings. The predicted octanol–water partition coefficient (Wildman–Crippen LogP) is 0.340. The van der Waals surface area contributed by atoms with E-state index in [1.807, 2.05) is 0 Å². The lowest BCUT2D eigenvalue weighted by molar-refractivity contribution is -0.197. The number of nitrogens with two attached hydrogens (primary N) is 3. The number of nitrogen functional groups attached to an aromatic ring is 2. The number of hydrogen-bond acceptors (Lipinski definition) is 10. The number of ether oxygens (including phenoxy) is 1. The number of likely N-dealkylation sites (tertiary alicyclic amines) is 1. The number of amides is 1. The lowest BCUT2D eigenvalue weighted by atomic mass is 9.75. The standard InChI is InChI=1S/C24H32N8O4/c1-23(35)12-24(36-11-17(23)32-13-28-18-19(26)29-22(27)30-20(18)32)6-8-31(9-7-24)21(34)16(25)10-14-2-4-15(33)5-3-14/h2-5,13,16-17,33,35H,6-12,25H2,1H3,(H4,26,27,29,30)/t16-,17+,23+/m0/s1. The fraction of sp³-hybridized carbons (Fsp3) is 0.500. The number of aromatic nitrogens is 4. The molecule has 2 aliphatic heterocycles. The molecule has 1 amide bonds. The summed E-state index contributed by atoms with van der Waals surface area (Å²) in [5.74, 6) is 0.284. The quantitative estimate of drug-likeness (QED) is 0.336. The lowest BCUT2D eigenvalue weighted by Crippen LogP contribution is -2.59. The van der Waals surface area contributed by atoms with Crippen molar-refractivity contribution in [1.82, 2.24) is 24.4 Å². The molecule has 192 valence electrons. The second kappa shape index (κ2) is 8.87. The van der Waals surface area contributed by atoms with Gasteiger partial charge in [-0.25, -0.2) is 4.98 Å². The zero-order valence-corrected chi connectivity index (χ0v) is 20.2. The average molecular weight is 497 g/mol. The number of rotatable bonds is 4. The first kappa shape index (κ1) is 24.2. The fourth-order valence-electron chi connectivity index (χ4n) is 5.48. The highest BCUT2D eigenvalue weighted by Crippen LogP contribution is 2.44. The maximum absolute atomic E-state index is 13.0. The first-order valence-corrected chi connectivity index (χ1v) is 12.0. The number of carbonyl (C=O) groups excluding carboxylic acids is 1. The van der Waals surface area contributed by atoms with Crippen LogP contribution in [0, 0.1) is 0 Å². The molecular formula is C24H32N8O4. The molecule has 8 N–H and O–H groups in total. The van der Waals surface area contributed by atoms with E-state index in [0.29, 0.717) is 49.9 Å². The molecule has 1 aromatic carbocycles. The third-order valence-electron chi connectivity index (χ3n) is 7.44. The number of fused-ring (bicyclic) bond motifs is 1. The molecule has 3 atom stereocenters. The minimum Gasteiger partial charge on any atom is -0.508 e. The van der Waals surface area contributed by atoms with Gasteiger partial charge in [0.05, 0.1) is 36.2 Å². The summed E-state index contributed by atoms with van der Waals surface area (Å²) in [4.78, 5) is 27.3. The summed E-state index contributed by atoms with van der Waals surface area (Å²) in [5.41, 5.74) is 18.0. The Morgan fingerprint density at radius 1 is 1.22 bits per heavy atom. The Morgan fingerprint density at radius 3 is 2.58 bits per heavy atom. The molecule has 2 aliphatic rings. The summed E-state index contributed by atoms with van der Waals surface area (Å²) in [6, 6.07) is 5.58. The van der Waals surface area contributed by atoms with Crippen LogP contribution in [-0.4, -0.2) is 77.5 Å². The van der Waals surface area contributed by atoms with Gasteiger partial charge >= 0.3 is 0 Å². The van der Waals surface area contributed by atoms with Crippen LogP contribution in [0.25, 0.3) is 11.2 Å². The molecule has 0 bridgehead atoms. The van der Waals surface area contributed by atoms with Gasteiger partial charge in [-0.3, -0.25) is 4.79 Å². The largest absolute Gasteiger partial charge is 0.508 e. The molecule has 0 radical (unpaired) electrons. The van der Waals surface area contributed by atoms with E-state index in [-0.39, 0.29) is 30.0 Å². The number of aliphatic hydroxyl groups is 1. The molecule has 2 aromatic heterocycles. The van der Waals surface area contributed by atoms with E-state index in [4.69, 9.17) is 21.9 Å². The Bertz CT molecular complexity index is 1270. The Hall–Kier alpha value is -3.48. The number of hydrogen-bond donors (Lipinski definition) is 5. The Morgan fingerprint density at radius 2 is 1.92 bits per heavy atom. The summed E-state index contributed by atoms with van der Waals surface area (Å²) in [6.07, 6.45) is 3.56. The first-order valence-electron chi connectivity index (χ1n) is 12.0. The van der Waals surface area contributed by atoms with Gasteiger partial charge in [0.1, 0.15) is 11.3 Å². The van der Waals surface area contributed by atoms with Crippen molar-refractivity contribution in [3.05, 3.63) is 36.2 Å². The molecule has 0 unspecified atom stereocenters. The first-order chi connectivity index (χ1) is 17.1. The zero-order chi connectivity index (χ0) is 25.7. The van der Waals surface area contributed by atoms with Gasteiger partial charge in [0.15, 0.2) is 11.5 Å². The van der Waals surface area contributed by atoms with E-state index in [2.05, 4.69) is 15.0 Å². The van der Waals surface area contributed by atoms with E-state index in [0.717, 1.165) is 5.56 Å². The number of aromatic hydroxyl groups is 1. The van der Waals surface area contributed by atoms with Gasteiger partial charge in [-0.05, 0) is 43.9 Å². The highest BCUT2D eigenvalue weighted by atomic mass is 16.5. The van der Waals surface area contributed by atoms with Gasteiger partial charge in [-0.1, -0.05) is 12.1 Å². The average Bonchev–Trinajstić information content (AvgIpc) is 3.24. The van der Waals surface area contributed by atoms with Crippen molar-refractivity contribution in [3.63, 3.8) is 0 Å². The molecule has 2 saturated heterocycles. The van der Waals surface area contributed by atoms with Crippen molar-refractivity contribution >= 4 is 28.8 Å². The number of nitrogens with zero attached hydrogens (tertiary/aromatic N) is 5. The molecule has 12 nitrogen and oxygen atoms in total. The Balaban J connectivity index is 1.24. The number of piperidine rings is 1. The minimum absolute atomic E-state index is 0.0373. The van der Waals surface area contributed by atoms with Crippen LogP contribution in [0.2, 0.25) is 0 Å². The summed E-state index contributed by atoms with van der Waals surface area (Å²) >= 11 is 0. The number of anilines is 2. The molecule has 3 aromatic rings. The third kappa shape index (κ3) is 4.43. The topological polar surface area (TPSA) is 192 Å². The van der Waals surface area contributed by atoms with Crippen LogP contribution in [0.15, 0.2) is 30.6 Å². The van der Waals surface area contributed by atoms with E-state index in [9.17, 15) is 15.0 Å². The van der Waals surface area contributed by atoms with Crippen LogP contribution in [0.5, 0.6) is 5.75 Å². The third-order valence-corrected chi connectivity index (χ3v) is 7.44. The van der Waals surface area contributed by atoms with Gasteiger partial charge in [0.2, 0.25) is 11.9 Å². The highest BCUT2D eigenvalue weighted by molar-refractivity contribution is 5.83. The summed E-state index contributed by atoms with van der Waals surface area (Å²) in [6.45, 7) is 3.03. The van der Waals surface area contributed by atoms with E-state index < -0.39 is 23.3 Å². The van der Waals surface area contributed by atoms with E-state index >= 15 is 0 Å². The van der Waals surface area contributed by atoms with Crippen LogP contribution < -0.4 is 17.2 Å². The van der Waals surface area contributed by atoms with Crippen LogP contribution in [0.4, 0.5) is 11.8 Å². The van der Waals surface area contributed by atoms with Crippen molar-refractivity contribution in [2.75, 3.05) is 31.2 Å². The van der Waals surface area contributed by atoms with Gasteiger partial charge in [0, 0.05) is 19.5 Å². The van der Waals surface area contributed by atoms with Crippen LogP contribution in [-0.2, 0) is 16.0 Å². The van der Waals surface area contributed by atoms with Crippen molar-refractivity contribution < 1.29 is 19.7 Å². The van der Waals surface area contributed by atoms with Crippen LogP contribution in [0.3, 0.4) is 0 Å². The molecule has 5 rings (SSSR count). The monoisotopic (exact) mass is 496 g/mol. The number of carbonyl (C=O) groups is 1. The zero-order valence-electron chi connectivity index (χ0n) is 20.2. The second-order valence-corrected chi connectivity index (χ2v) is 10.1. The summed E-state index contributed by atoms with van der Waals surface area (Å²) in [5, 5.41) is 21.0. The number of phenols is 1. The number of benzene rings is 1. The fourth-order valence-corrected chi connectivity index (χ4v) is 5.48. The predicted molar refractivity (Wildman–Crippen MR) is 133 cm³/mol. The van der Waals surface area contributed by atoms with E-state index in [1.54, 1.807) is 47.0 Å². The Kier molecular flexibility index (Phi) is 5.97. The van der Waals surface area contributed by atoms with Crippen molar-refractivity contribution in [2.45, 2.75) is 55.9 Å². The van der Waals surface area contributed by atoms with Gasteiger partial charge in [0.25, 0.3) is 0 Å². The summed E-state index contributed by atoms with van der Waals surface area (Å²) < 4.78 is 8.12. The number of phenolic OH excluding ortho intramolecular Hbond substituents is 1. The number of imidazole rings is 1. The Labute approximate surface area is 208 Å². The van der Waals surface area contributed by atoms with Crippen molar-refractivity contribution in [2.24, 2.45) is 5.73 Å². The molecule has 0 saturated carbocycles. The molecule has 4 heterocycles. The molecule has 36 heavy (non-hydrogen) atoms. The molecule has 1 spiro atoms. The highest BCUT2D eigenvalue weighted by Gasteiger charge is 2.50. The maximum atomic E-state index is 13.0. The second-order valence-electron chi connectivity index (χ2n) is 10.1. The van der Waals surface area contributed by atoms with E-state index in [1.165, 1.54) is 0 Å². The SMILES string of the molecule is C[C@@]1(O)CC2(CCN(C(=O)[C@@H](N)Cc3ccc(O)cc3)CC2)OC[C@H]1n1cnc2c(N)nc(N)nc21. The minimum atomic E-state index is -1.12. The normalized spacial score (nSPS) is 24.8. The maximum Gasteiger partial charge on any atom is 0.239 e. The molecule has 12 heteroatoms. The van der Waals surface area contributed by atoms with Gasteiger partial charge < -0.3 is 41.6 Å². The molecular weight excluding hydrogens is 464 g/mol. The lowest BCUT2D eigenvalue weighted by Gasteiger charge is -2.51. The van der Waals surface area contributed by atoms with Crippen molar-refractivity contribution in [1.29, 1.82) is 0 Å². The summed E-state index contributed by atoms with van der Waals surface area (Å²) in [7, 11) is 0. The van der Waals surface area contributed by atoms with Gasteiger partial charge in [-0.15, -0.1) is 0 Å². The smallest absolute Gasteiger partial charge is 0.239 e. The van der Waals surface area contributed by atoms with Crippen LogP contribution in [0.1, 0.15) is 37.8 Å². The van der Waals surface area contributed by atoms with Gasteiger partial charge in [-0.2, -0.15) is 9.97 Å². The molecule has 0 aliphatic carbocycles. The van der Waals surface area contributed by atoms with Crippen molar-refractivity contribution in [3.8, 4) is 5.75 Å². The van der Waals surface area contributed by atoms with Crippen LogP contribution >= 0.6 is 0 Å².